The van der Waals surface area contributed by atoms with E-state index in [1.165, 1.54) is 0 Å². The molecule has 21 heavy (non-hydrogen) atoms. The van der Waals surface area contributed by atoms with Gasteiger partial charge in [-0.1, -0.05) is 36.8 Å². The van der Waals surface area contributed by atoms with Crippen LogP contribution in [0.2, 0.25) is 0 Å². The van der Waals surface area contributed by atoms with Gasteiger partial charge in [-0.05, 0) is 31.5 Å². The molecule has 0 saturated carbocycles. The number of likely N-dealkylation sites (tertiary alicyclic amines) is 1. The van der Waals surface area contributed by atoms with Crippen LogP contribution < -0.4 is 0 Å². The van der Waals surface area contributed by atoms with Crippen LogP contribution in [-0.4, -0.2) is 28.6 Å². The minimum atomic E-state index is -0.732. The van der Waals surface area contributed by atoms with E-state index >= 15 is 0 Å². The normalized spacial score (nSPS) is 19.5. The van der Waals surface area contributed by atoms with Crippen LogP contribution in [0.1, 0.15) is 25.0 Å². The van der Waals surface area contributed by atoms with E-state index < -0.39 is 5.97 Å². The molecule has 1 aliphatic rings. The quantitative estimate of drug-likeness (QED) is 0.935. The Morgan fingerprint density at radius 2 is 2.00 bits per heavy atom. The van der Waals surface area contributed by atoms with Gasteiger partial charge in [-0.3, -0.25) is 9.69 Å². The second kappa shape index (κ2) is 6.14. The fourth-order valence-corrected chi connectivity index (χ4v) is 2.88. The first kappa shape index (κ1) is 13.9. The highest BCUT2D eigenvalue weighted by Gasteiger charge is 2.28. The van der Waals surface area contributed by atoms with E-state index in [1.807, 2.05) is 47.4 Å². The van der Waals surface area contributed by atoms with E-state index in [2.05, 4.69) is 0 Å². The molecule has 1 aromatic heterocycles. The summed E-state index contributed by atoms with van der Waals surface area (Å²) in [6, 6.07) is 13.4. The number of piperidine rings is 1. The molecule has 1 unspecified atom stereocenters. The van der Waals surface area contributed by atoms with Crippen LogP contribution in [0, 0.1) is 0 Å². The van der Waals surface area contributed by atoms with Gasteiger partial charge in [0.1, 0.15) is 17.6 Å². The summed E-state index contributed by atoms with van der Waals surface area (Å²) < 4.78 is 5.87. The fourth-order valence-electron chi connectivity index (χ4n) is 2.88. The molecule has 0 aliphatic carbocycles. The maximum Gasteiger partial charge on any atom is 0.320 e. The summed E-state index contributed by atoms with van der Waals surface area (Å²) >= 11 is 0. The maximum absolute atomic E-state index is 11.3. The summed E-state index contributed by atoms with van der Waals surface area (Å²) in [7, 11) is 0. The molecule has 4 heteroatoms. The lowest BCUT2D eigenvalue weighted by Crippen LogP contribution is -2.43. The number of nitrogens with zero attached hydrogens (tertiary/aromatic N) is 1. The molecule has 1 aromatic carbocycles. The van der Waals surface area contributed by atoms with Gasteiger partial charge in [-0.15, -0.1) is 0 Å². The van der Waals surface area contributed by atoms with Crippen molar-refractivity contribution in [3.8, 4) is 11.3 Å². The van der Waals surface area contributed by atoms with Crippen LogP contribution in [0.15, 0.2) is 46.9 Å². The predicted octanol–water partition coefficient (Wildman–Crippen LogP) is 3.39. The molecule has 0 amide bonds. The molecule has 0 spiro atoms. The number of furan rings is 1. The topological polar surface area (TPSA) is 53.7 Å². The molecule has 0 bridgehead atoms. The molecule has 4 nitrogen and oxygen atoms in total. The molecule has 2 aromatic rings. The molecule has 1 fully saturated rings. The van der Waals surface area contributed by atoms with Gasteiger partial charge in [-0.2, -0.15) is 0 Å². The monoisotopic (exact) mass is 285 g/mol. The van der Waals surface area contributed by atoms with Gasteiger partial charge in [0.15, 0.2) is 0 Å². The van der Waals surface area contributed by atoms with Crippen molar-refractivity contribution in [1.82, 2.24) is 4.90 Å². The molecule has 2 heterocycles. The Morgan fingerprint density at radius 1 is 1.19 bits per heavy atom. The summed E-state index contributed by atoms with van der Waals surface area (Å²) in [4.78, 5) is 13.3. The van der Waals surface area contributed by atoms with Crippen LogP contribution in [0.5, 0.6) is 0 Å². The zero-order valence-corrected chi connectivity index (χ0v) is 11.9. The molecule has 1 atom stereocenters. The third-order valence-electron chi connectivity index (χ3n) is 3.98. The number of carbonyl (C=O) groups is 1. The number of carboxylic acids is 1. The first-order valence-electron chi connectivity index (χ1n) is 7.35. The number of rotatable bonds is 4. The number of aliphatic carboxylic acids is 1. The summed E-state index contributed by atoms with van der Waals surface area (Å²) in [6.07, 6.45) is 2.76. The smallest absolute Gasteiger partial charge is 0.320 e. The van der Waals surface area contributed by atoms with E-state index in [1.54, 1.807) is 0 Å². The number of hydrogen-bond donors (Lipinski definition) is 1. The Morgan fingerprint density at radius 3 is 2.76 bits per heavy atom. The molecular formula is C17H19NO3. The maximum atomic E-state index is 11.3. The molecule has 110 valence electrons. The van der Waals surface area contributed by atoms with Crippen molar-refractivity contribution < 1.29 is 14.3 Å². The largest absolute Gasteiger partial charge is 0.480 e. The first-order valence-corrected chi connectivity index (χ1v) is 7.35. The van der Waals surface area contributed by atoms with Crippen LogP contribution in [0.25, 0.3) is 11.3 Å². The van der Waals surface area contributed by atoms with E-state index in [-0.39, 0.29) is 6.04 Å². The average molecular weight is 285 g/mol. The van der Waals surface area contributed by atoms with Crippen molar-refractivity contribution in [2.45, 2.75) is 31.8 Å². The van der Waals surface area contributed by atoms with Crippen molar-refractivity contribution in [1.29, 1.82) is 0 Å². The summed E-state index contributed by atoms with van der Waals surface area (Å²) in [5.41, 5.74) is 1.04. The Hall–Kier alpha value is -2.07. The molecule has 1 saturated heterocycles. The fraction of sp³-hybridized carbons (Fsp3) is 0.353. The van der Waals surface area contributed by atoms with Crippen LogP contribution >= 0.6 is 0 Å². The number of carboxylic acid groups (broad SMARTS) is 1. The third-order valence-corrected chi connectivity index (χ3v) is 3.98. The minimum Gasteiger partial charge on any atom is -0.480 e. The Labute approximate surface area is 124 Å². The zero-order valence-electron chi connectivity index (χ0n) is 11.9. The van der Waals surface area contributed by atoms with E-state index in [9.17, 15) is 9.90 Å². The van der Waals surface area contributed by atoms with Crippen molar-refractivity contribution in [2.24, 2.45) is 0 Å². The van der Waals surface area contributed by atoms with Crippen molar-refractivity contribution in [3.63, 3.8) is 0 Å². The lowest BCUT2D eigenvalue weighted by atomic mass is 10.0. The van der Waals surface area contributed by atoms with Gasteiger partial charge in [-0.25, -0.2) is 0 Å². The molecular weight excluding hydrogens is 266 g/mol. The second-order valence-corrected chi connectivity index (χ2v) is 5.45. The summed E-state index contributed by atoms with van der Waals surface area (Å²) in [5.74, 6) is 0.918. The van der Waals surface area contributed by atoms with Crippen molar-refractivity contribution >= 4 is 5.97 Å². The van der Waals surface area contributed by atoms with Crippen molar-refractivity contribution in [2.75, 3.05) is 6.54 Å². The Balaban J connectivity index is 1.73. The highest BCUT2D eigenvalue weighted by molar-refractivity contribution is 5.73. The van der Waals surface area contributed by atoms with Gasteiger partial charge in [0.25, 0.3) is 0 Å². The van der Waals surface area contributed by atoms with Crippen LogP contribution in [0.3, 0.4) is 0 Å². The van der Waals surface area contributed by atoms with E-state index in [0.717, 1.165) is 42.9 Å². The highest BCUT2D eigenvalue weighted by Crippen LogP contribution is 2.25. The van der Waals surface area contributed by atoms with Gasteiger partial charge >= 0.3 is 5.97 Å². The van der Waals surface area contributed by atoms with Gasteiger partial charge in [0.2, 0.25) is 0 Å². The molecule has 3 rings (SSSR count). The lowest BCUT2D eigenvalue weighted by molar-refractivity contribution is -0.144. The van der Waals surface area contributed by atoms with E-state index in [4.69, 9.17) is 4.42 Å². The zero-order chi connectivity index (χ0) is 14.7. The molecule has 1 N–H and O–H groups in total. The summed E-state index contributed by atoms with van der Waals surface area (Å²) in [6.45, 7) is 1.38. The SMILES string of the molecule is O=C(O)C1CCCCN1Cc1ccc(-c2ccccc2)o1. The summed E-state index contributed by atoms with van der Waals surface area (Å²) in [5, 5.41) is 9.30. The van der Waals surface area contributed by atoms with Gasteiger partial charge in [0, 0.05) is 5.56 Å². The number of hydrogen-bond acceptors (Lipinski definition) is 3. The van der Waals surface area contributed by atoms with Crippen molar-refractivity contribution in [3.05, 3.63) is 48.2 Å². The van der Waals surface area contributed by atoms with Crippen LogP contribution in [-0.2, 0) is 11.3 Å². The first-order chi connectivity index (χ1) is 10.2. The average Bonchev–Trinajstić information content (AvgIpc) is 2.97. The molecule has 1 aliphatic heterocycles. The standard InChI is InChI=1S/C17H19NO3/c19-17(20)15-8-4-5-11-18(15)12-14-9-10-16(21-14)13-6-2-1-3-7-13/h1-3,6-7,9-10,15H,4-5,8,11-12H2,(H,19,20). The van der Waals surface area contributed by atoms with Gasteiger partial charge in [0.05, 0.1) is 6.54 Å². The Bertz CT molecular complexity index is 606. The van der Waals surface area contributed by atoms with Crippen LogP contribution in [0.4, 0.5) is 0 Å². The van der Waals surface area contributed by atoms with E-state index in [0.29, 0.717) is 6.54 Å². The lowest BCUT2D eigenvalue weighted by Gasteiger charge is -2.31. The second-order valence-electron chi connectivity index (χ2n) is 5.45. The molecule has 0 radical (unpaired) electrons. The number of benzene rings is 1. The highest BCUT2D eigenvalue weighted by atomic mass is 16.4. The third kappa shape index (κ3) is 3.16. The Kier molecular flexibility index (Phi) is 4.06. The minimum absolute atomic E-state index is 0.385. The van der Waals surface area contributed by atoms with Gasteiger partial charge < -0.3 is 9.52 Å². The predicted molar refractivity (Wildman–Crippen MR) is 79.8 cm³/mol.